The summed E-state index contributed by atoms with van der Waals surface area (Å²) in [6.45, 7) is 0. The Hall–Kier alpha value is -0.910. The Labute approximate surface area is 95.2 Å². The quantitative estimate of drug-likeness (QED) is 0.537. The molecule has 0 saturated carbocycles. The van der Waals surface area contributed by atoms with Crippen molar-refractivity contribution in [3.8, 4) is 0 Å². The highest BCUT2D eigenvalue weighted by Crippen LogP contribution is 2.23. The van der Waals surface area contributed by atoms with Crippen LogP contribution in [0.2, 0.25) is 0 Å². The third kappa shape index (κ3) is 1.33. The van der Waals surface area contributed by atoms with Crippen LogP contribution >= 0.6 is 22.6 Å². The fourth-order valence-electron chi connectivity index (χ4n) is 1.50. The van der Waals surface area contributed by atoms with Crippen LogP contribution in [-0.2, 0) is 11.2 Å². The lowest BCUT2D eigenvalue weighted by Crippen LogP contribution is -2.39. The molecule has 0 radical (unpaired) electrons. The van der Waals surface area contributed by atoms with Crippen LogP contribution in [-0.4, -0.2) is 23.8 Å². The van der Waals surface area contributed by atoms with Gasteiger partial charge in [-0.05, 0) is 40.3 Å². The van der Waals surface area contributed by atoms with Gasteiger partial charge in [0.1, 0.15) is 0 Å². The average Bonchev–Trinajstić information content (AvgIpc) is 2.17. The van der Waals surface area contributed by atoms with E-state index in [2.05, 4.69) is 22.6 Å². The van der Waals surface area contributed by atoms with E-state index in [4.69, 9.17) is 0 Å². The number of hydrogen-bond donors (Lipinski definition) is 0. The summed E-state index contributed by atoms with van der Waals surface area (Å²) < 4.78 is 0.981. The number of halogens is 1. The Balaban J connectivity index is 2.62. The van der Waals surface area contributed by atoms with E-state index in [0.29, 0.717) is 12.0 Å². The molecule has 2 rings (SSSR count). The van der Waals surface area contributed by atoms with Gasteiger partial charge in [0.05, 0.1) is 6.42 Å². The van der Waals surface area contributed by atoms with Crippen molar-refractivity contribution in [1.82, 2.24) is 4.90 Å². The third-order valence-corrected chi connectivity index (χ3v) is 3.37. The van der Waals surface area contributed by atoms with Gasteiger partial charge in [-0.1, -0.05) is 6.07 Å². The van der Waals surface area contributed by atoms with Gasteiger partial charge in [-0.25, -0.2) is 0 Å². The lowest BCUT2D eigenvalue weighted by atomic mass is 9.99. The van der Waals surface area contributed by atoms with Crippen molar-refractivity contribution >= 4 is 34.4 Å². The number of fused-ring (bicyclic) bond motifs is 1. The molecule has 1 heterocycles. The highest BCUT2D eigenvalue weighted by Gasteiger charge is 2.28. The van der Waals surface area contributed by atoms with E-state index < -0.39 is 0 Å². The molecule has 1 aromatic rings. The lowest BCUT2D eigenvalue weighted by molar-refractivity contribution is -0.127. The molecular formula is C10H8INO2. The lowest BCUT2D eigenvalue weighted by Gasteiger charge is -2.23. The third-order valence-electron chi connectivity index (χ3n) is 2.36. The maximum absolute atomic E-state index is 11.7. The first-order chi connectivity index (χ1) is 6.61. The number of likely N-dealkylation sites (N-methyl/N-ethyl adjacent to an activating group) is 1. The summed E-state index contributed by atoms with van der Waals surface area (Å²) in [5.74, 6) is -0.332. The van der Waals surface area contributed by atoms with Gasteiger partial charge in [-0.2, -0.15) is 0 Å². The van der Waals surface area contributed by atoms with Crippen molar-refractivity contribution in [2.75, 3.05) is 7.05 Å². The summed E-state index contributed by atoms with van der Waals surface area (Å²) >= 11 is 2.15. The zero-order valence-corrected chi connectivity index (χ0v) is 9.74. The monoisotopic (exact) mass is 301 g/mol. The number of rotatable bonds is 0. The average molecular weight is 301 g/mol. The molecule has 2 amide bonds. The zero-order valence-electron chi connectivity index (χ0n) is 7.58. The number of hydrogen-bond acceptors (Lipinski definition) is 2. The first-order valence-electron chi connectivity index (χ1n) is 4.19. The van der Waals surface area contributed by atoms with E-state index in [9.17, 15) is 9.59 Å². The van der Waals surface area contributed by atoms with Gasteiger partial charge in [-0.3, -0.25) is 14.5 Å². The minimum Gasteiger partial charge on any atom is -0.281 e. The summed E-state index contributed by atoms with van der Waals surface area (Å²) in [6.07, 6.45) is 0.330. The van der Waals surface area contributed by atoms with Crippen LogP contribution in [0.15, 0.2) is 18.2 Å². The predicted molar refractivity (Wildman–Crippen MR) is 60.0 cm³/mol. The first kappa shape index (κ1) is 9.64. The van der Waals surface area contributed by atoms with E-state index in [1.165, 1.54) is 11.9 Å². The van der Waals surface area contributed by atoms with Crippen LogP contribution in [0.5, 0.6) is 0 Å². The summed E-state index contributed by atoms with van der Waals surface area (Å²) in [4.78, 5) is 24.3. The van der Waals surface area contributed by atoms with E-state index >= 15 is 0 Å². The largest absolute Gasteiger partial charge is 0.281 e. The second kappa shape index (κ2) is 3.34. The highest BCUT2D eigenvalue weighted by atomic mass is 127. The van der Waals surface area contributed by atoms with Crippen LogP contribution in [0.25, 0.3) is 0 Å². The number of benzene rings is 1. The topological polar surface area (TPSA) is 37.4 Å². The van der Waals surface area contributed by atoms with Crippen LogP contribution in [0.4, 0.5) is 0 Å². The zero-order chi connectivity index (χ0) is 10.3. The molecular weight excluding hydrogens is 293 g/mol. The fourth-order valence-corrected chi connectivity index (χ4v) is 2.19. The molecule has 1 aliphatic rings. The van der Waals surface area contributed by atoms with Crippen molar-refractivity contribution in [2.45, 2.75) is 6.42 Å². The molecule has 0 saturated heterocycles. The Morgan fingerprint density at radius 3 is 2.79 bits per heavy atom. The van der Waals surface area contributed by atoms with Crippen LogP contribution < -0.4 is 0 Å². The van der Waals surface area contributed by atoms with E-state index in [0.717, 1.165) is 9.13 Å². The Morgan fingerprint density at radius 1 is 1.36 bits per heavy atom. The molecule has 4 heteroatoms. The molecule has 3 nitrogen and oxygen atoms in total. The van der Waals surface area contributed by atoms with Gasteiger partial charge < -0.3 is 0 Å². The Kier molecular flexibility index (Phi) is 2.30. The number of amides is 2. The molecule has 0 spiro atoms. The van der Waals surface area contributed by atoms with Crippen LogP contribution in [0.3, 0.4) is 0 Å². The second-order valence-corrected chi connectivity index (χ2v) is 4.36. The number of carbonyl (C=O) groups excluding carboxylic acids is 2. The van der Waals surface area contributed by atoms with E-state index in [1.54, 1.807) is 6.07 Å². The summed E-state index contributed by atoms with van der Waals surface area (Å²) in [5, 5.41) is 0. The Morgan fingerprint density at radius 2 is 2.07 bits per heavy atom. The maximum Gasteiger partial charge on any atom is 0.260 e. The van der Waals surface area contributed by atoms with Crippen LogP contribution in [0.1, 0.15) is 15.9 Å². The standard InChI is InChI=1S/C10H8INO2/c1-12-9(13)5-7-6(10(12)14)3-2-4-8(7)11/h2-4H,5H2,1H3. The van der Waals surface area contributed by atoms with Crippen molar-refractivity contribution < 1.29 is 9.59 Å². The molecule has 72 valence electrons. The number of carbonyl (C=O) groups is 2. The first-order valence-corrected chi connectivity index (χ1v) is 5.27. The van der Waals surface area contributed by atoms with E-state index in [-0.39, 0.29) is 11.8 Å². The van der Waals surface area contributed by atoms with Crippen molar-refractivity contribution in [1.29, 1.82) is 0 Å². The normalized spacial score (nSPS) is 15.7. The predicted octanol–water partition coefficient (Wildman–Crippen LogP) is 1.45. The van der Waals surface area contributed by atoms with Gasteiger partial charge in [0.25, 0.3) is 5.91 Å². The smallest absolute Gasteiger partial charge is 0.260 e. The summed E-state index contributed by atoms with van der Waals surface area (Å²) in [7, 11) is 1.52. The van der Waals surface area contributed by atoms with Crippen molar-refractivity contribution in [2.24, 2.45) is 0 Å². The molecule has 0 aliphatic carbocycles. The molecule has 1 aliphatic heterocycles. The highest BCUT2D eigenvalue weighted by molar-refractivity contribution is 14.1. The molecule has 0 N–H and O–H groups in total. The molecule has 0 atom stereocenters. The van der Waals surface area contributed by atoms with Gasteiger partial charge in [-0.15, -0.1) is 0 Å². The fraction of sp³-hybridized carbons (Fsp3) is 0.200. The molecule has 0 unspecified atom stereocenters. The van der Waals surface area contributed by atoms with Gasteiger partial charge in [0.2, 0.25) is 5.91 Å². The maximum atomic E-state index is 11.7. The van der Waals surface area contributed by atoms with Gasteiger partial charge in [0, 0.05) is 16.2 Å². The Bertz CT molecular complexity index is 428. The molecule has 1 aromatic carbocycles. The molecule has 0 bridgehead atoms. The van der Waals surface area contributed by atoms with Crippen LogP contribution in [0, 0.1) is 3.57 Å². The molecule has 0 fully saturated rings. The minimum absolute atomic E-state index is 0.133. The molecule has 14 heavy (non-hydrogen) atoms. The van der Waals surface area contributed by atoms with Gasteiger partial charge >= 0.3 is 0 Å². The second-order valence-electron chi connectivity index (χ2n) is 3.20. The number of nitrogens with zero attached hydrogens (tertiary/aromatic N) is 1. The SMILES string of the molecule is CN1C(=O)Cc2c(I)cccc2C1=O. The number of imide groups is 1. The molecule has 0 aromatic heterocycles. The van der Waals surface area contributed by atoms with Crippen molar-refractivity contribution in [3.05, 3.63) is 32.9 Å². The minimum atomic E-state index is -0.199. The van der Waals surface area contributed by atoms with E-state index in [1.807, 2.05) is 12.1 Å². The summed E-state index contributed by atoms with van der Waals surface area (Å²) in [6, 6.07) is 5.51. The van der Waals surface area contributed by atoms with Crippen molar-refractivity contribution in [3.63, 3.8) is 0 Å². The summed E-state index contributed by atoms with van der Waals surface area (Å²) in [5.41, 5.74) is 1.51. The van der Waals surface area contributed by atoms with Gasteiger partial charge in [0.15, 0.2) is 0 Å².